The number of aryl methyl sites for hydroxylation is 1. The maximum absolute atomic E-state index is 12.3. The summed E-state index contributed by atoms with van der Waals surface area (Å²) in [5.41, 5.74) is 0.371. The Morgan fingerprint density at radius 2 is 2.05 bits per heavy atom. The lowest BCUT2D eigenvalue weighted by Crippen LogP contribution is -2.21. The van der Waals surface area contributed by atoms with E-state index in [2.05, 4.69) is 25.6 Å². The smallest absolute Gasteiger partial charge is 0.267 e. The van der Waals surface area contributed by atoms with Gasteiger partial charge in [-0.3, -0.25) is 9.52 Å². The van der Waals surface area contributed by atoms with Gasteiger partial charge >= 0.3 is 0 Å². The molecule has 1 heterocycles. The summed E-state index contributed by atoms with van der Waals surface area (Å²) in [7, 11) is -2.56. The van der Waals surface area contributed by atoms with Crippen molar-refractivity contribution < 1.29 is 13.2 Å². The van der Waals surface area contributed by atoms with E-state index < -0.39 is 15.5 Å². The third kappa shape index (κ3) is 3.27. The van der Waals surface area contributed by atoms with E-state index >= 15 is 0 Å². The number of aromatic amines is 1. The molecule has 6 nitrogen and oxygen atoms in total. The normalized spacial score (nSPS) is 11.2. The molecule has 0 fully saturated rings. The third-order valence-electron chi connectivity index (χ3n) is 2.80. The van der Waals surface area contributed by atoms with Crippen LogP contribution in [-0.2, 0) is 10.0 Å². The minimum absolute atomic E-state index is 0.295. The number of halogens is 1. The van der Waals surface area contributed by atoms with Gasteiger partial charge in [-0.15, -0.1) is 0 Å². The summed E-state index contributed by atoms with van der Waals surface area (Å²) in [6, 6.07) is 4.54. The SMILES string of the molecule is COc1cc(Br)cc(C)c1NS(=O)(=O)c1c[nH]ccc1=O. The molecule has 1 aromatic carbocycles. The van der Waals surface area contributed by atoms with Crippen molar-refractivity contribution in [2.45, 2.75) is 11.8 Å². The van der Waals surface area contributed by atoms with Gasteiger partial charge < -0.3 is 9.72 Å². The molecule has 0 aliphatic carbocycles. The van der Waals surface area contributed by atoms with Crippen LogP contribution in [0.2, 0.25) is 0 Å². The molecule has 0 radical (unpaired) electrons. The van der Waals surface area contributed by atoms with Crippen LogP contribution in [0.25, 0.3) is 0 Å². The van der Waals surface area contributed by atoms with E-state index in [-0.39, 0.29) is 4.90 Å². The molecule has 0 amide bonds. The van der Waals surface area contributed by atoms with E-state index in [1.54, 1.807) is 19.1 Å². The van der Waals surface area contributed by atoms with E-state index in [0.717, 1.165) is 16.7 Å². The van der Waals surface area contributed by atoms with Gasteiger partial charge in [0.1, 0.15) is 5.75 Å². The van der Waals surface area contributed by atoms with Gasteiger partial charge in [-0.1, -0.05) is 15.9 Å². The number of nitrogens with one attached hydrogen (secondary N) is 2. The number of aromatic nitrogens is 1. The Morgan fingerprint density at radius 3 is 2.67 bits per heavy atom. The zero-order chi connectivity index (χ0) is 15.6. The molecule has 2 rings (SSSR count). The first-order chi connectivity index (χ1) is 9.85. The number of methoxy groups -OCH3 is 1. The number of benzene rings is 1. The summed E-state index contributed by atoms with van der Waals surface area (Å²) in [4.78, 5) is 13.9. The van der Waals surface area contributed by atoms with Crippen molar-refractivity contribution in [2.24, 2.45) is 0 Å². The Kier molecular flexibility index (Phi) is 4.38. The van der Waals surface area contributed by atoms with E-state index in [1.807, 2.05) is 0 Å². The van der Waals surface area contributed by atoms with Gasteiger partial charge in [-0.2, -0.15) is 0 Å². The number of H-pyrrole nitrogens is 1. The molecule has 0 atom stereocenters. The quantitative estimate of drug-likeness (QED) is 0.861. The Hall–Kier alpha value is -1.80. The number of anilines is 1. The second-order valence-electron chi connectivity index (χ2n) is 4.28. The van der Waals surface area contributed by atoms with Gasteiger partial charge in [-0.05, 0) is 24.6 Å². The molecule has 0 unspecified atom stereocenters. The van der Waals surface area contributed by atoms with Crippen molar-refractivity contribution in [1.29, 1.82) is 0 Å². The van der Waals surface area contributed by atoms with E-state index in [9.17, 15) is 13.2 Å². The number of sulfonamides is 1. The van der Waals surface area contributed by atoms with Crippen LogP contribution in [-0.4, -0.2) is 20.5 Å². The molecule has 112 valence electrons. The highest BCUT2D eigenvalue weighted by Crippen LogP contribution is 2.33. The third-order valence-corrected chi connectivity index (χ3v) is 4.63. The van der Waals surface area contributed by atoms with Gasteiger partial charge in [0.15, 0.2) is 4.90 Å². The molecule has 0 saturated carbocycles. The Bertz CT molecular complexity index is 830. The van der Waals surface area contributed by atoms with Crippen LogP contribution in [0.1, 0.15) is 5.56 Å². The maximum atomic E-state index is 12.3. The van der Waals surface area contributed by atoms with Crippen LogP contribution < -0.4 is 14.9 Å². The summed E-state index contributed by atoms with van der Waals surface area (Å²) in [5, 5.41) is 0. The van der Waals surface area contributed by atoms with Crippen molar-refractivity contribution in [1.82, 2.24) is 4.98 Å². The Labute approximate surface area is 130 Å². The minimum atomic E-state index is -4.00. The van der Waals surface area contributed by atoms with Crippen molar-refractivity contribution in [3.63, 3.8) is 0 Å². The molecule has 2 N–H and O–H groups in total. The van der Waals surface area contributed by atoms with Gasteiger partial charge in [-0.25, -0.2) is 8.42 Å². The first kappa shape index (κ1) is 15.6. The monoisotopic (exact) mass is 372 g/mol. The molecule has 2 aromatic rings. The number of ether oxygens (including phenoxy) is 1. The predicted molar refractivity (Wildman–Crippen MR) is 83.3 cm³/mol. The molecule has 8 heteroatoms. The van der Waals surface area contributed by atoms with Crippen LogP contribution in [0, 0.1) is 6.92 Å². The topological polar surface area (TPSA) is 88.3 Å². The van der Waals surface area contributed by atoms with Gasteiger partial charge in [0, 0.05) is 22.9 Å². The summed E-state index contributed by atoms with van der Waals surface area (Å²) >= 11 is 3.31. The highest BCUT2D eigenvalue weighted by atomic mass is 79.9. The molecule has 0 aliphatic heterocycles. The van der Waals surface area contributed by atoms with Gasteiger partial charge in [0.25, 0.3) is 10.0 Å². The van der Waals surface area contributed by atoms with E-state index in [1.165, 1.54) is 13.3 Å². The fraction of sp³-hybridized carbons (Fsp3) is 0.154. The van der Waals surface area contributed by atoms with Crippen LogP contribution in [0.4, 0.5) is 5.69 Å². The zero-order valence-electron chi connectivity index (χ0n) is 11.3. The first-order valence-electron chi connectivity index (χ1n) is 5.89. The first-order valence-corrected chi connectivity index (χ1v) is 8.17. The summed E-state index contributed by atoms with van der Waals surface area (Å²) in [6.07, 6.45) is 2.51. The average Bonchev–Trinajstić information content (AvgIpc) is 2.41. The Balaban J connectivity index is 2.52. The predicted octanol–water partition coefficient (Wildman–Crippen LogP) is 2.26. The van der Waals surface area contributed by atoms with E-state index in [4.69, 9.17) is 4.74 Å². The molecule has 21 heavy (non-hydrogen) atoms. The lowest BCUT2D eigenvalue weighted by molar-refractivity contribution is 0.416. The highest BCUT2D eigenvalue weighted by Gasteiger charge is 2.21. The van der Waals surface area contributed by atoms with Crippen LogP contribution >= 0.6 is 15.9 Å². The standard InChI is InChI=1S/C13H13BrN2O4S/c1-8-5-9(14)6-11(20-2)13(8)16-21(18,19)12-7-15-4-3-10(12)17/h3-7,16H,1-2H3,(H,15,17). The fourth-order valence-electron chi connectivity index (χ4n) is 1.80. The highest BCUT2D eigenvalue weighted by molar-refractivity contribution is 9.10. The molecule has 0 aliphatic rings. The van der Waals surface area contributed by atoms with Crippen molar-refractivity contribution in [2.75, 3.05) is 11.8 Å². The van der Waals surface area contributed by atoms with Crippen molar-refractivity contribution in [3.05, 3.63) is 50.9 Å². The second-order valence-corrected chi connectivity index (χ2v) is 6.84. The fourth-order valence-corrected chi connectivity index (χ4v) is 3.55. The largest absolute Gasteiger partial charge is 0.495 e. The second kappa shape index (κ2) is 5.90. The van der Waals surface area contributed by atoms with E-state index in [0.29, 0.717) is 17.0 Å². The molecule has 0 spiro atoms. The maximum Gasteiger partial charge on any atom is 0.267 e. The summed E-state index contributed by atoms with van der Waals surface area (Å²) in [5.74, 6) is 0.359. The molecule has 0 saturated heterocycles. The molecular weight excluding hydrogens is 360 g/mol. The van der Waals surface area contributed by atoms with Crippen molar-refractivity contribution in [3.8, 4) is 5.75 Å². The van der Waals surface area contributed by atoms with Crippen molar-refractivity contribution >= 4 is 31.6 Å². The number of pyridine rings is 1. The lowest BCUT2D eigenvalue weighted by atomic mass is 10.2. The van der Waals surface area contributed by atoms with Crippen LogP contribution in [0.5, 0.6) is 5.75 Å². The van der Waals surface area contributed by atoms with Crippen LogP contribution in [0.3, 0.4) is 0 Å². The lowest BCUT2D eigenvalue weighted by Gasteiger charge is -2.14. The molecular formula is C13H13BrN2O4S. The average molecular weight is 373 g/mol. The number of hydrogen-bond acceptors (Lipinski definition) is 4. The number of hydrogen-bond donors (Lipinski definition) is 2. The van der Waals surface area contributed by atoms with Gasteiger partial charge in [0.05, 0.1) is 12.8 Å². The Morgan fingerprint density at radius 1 is 1.33 bits per heavy atom. The molecule has 1 aromatic heterocycles. The summed E-state index contributed by atoms with van der Waals surface area (Å²) in [6.45, 7) is 1.74. The summed E-state index contributed by atoms with van der Waals surface area (Å²) < 4.78 is 33.0. The number of rotatable bonds is 4. The van der Waals surface area contributed by atoms with Gasteiger partial charge in [0.2, 0.25) is 5.43 Å². The molecule has 0 bridgehead atoms. The minimum Gasteiger partial charge on any atom is -0.495 e. The van der Waals surface area contributed by atoms with Crippen LogP contribution in [0.15, 0.2) is 44.8 Å². The zero-order valence-corrected chi connectivity index (χ0v) is 13.7.